The Morgan fingerprint density at radius 3 is 2.92 bits per heavy atom. The van der Waals surface area contributed by atoms with Crippen LogP contribution in [0.1, 0.15) is 11.1 Å². The van der Waals surface area contributed by atoms with Crippen molar-refractivity contribution in [1.29, 1.82) is 0 Å². The van der Waals surface area contributed by atoms with Crippen molar-refractivity contribution in [1.82, 2.24) is 0 Å². The summed E-state index contributed by atoms with van der Waals surface area (Å²) >= 11 is 0. The molecule has 0 unspecified atom stereocenters. The number of hydrogen-bond acceptors (Lipinski definition) is 1. The second-order valence-corrected chi connectivity index (χ2v) is 2.98. The number of aromatic hydroxyl groups is 1. The zero-order valence-corrected chi connectivity index (χ0v) is 7.51. The van der Waals surface area contributed by atoms with Crippen molar-refractivity contribution >= 4 is 0 Å². The number of phenols is 1. The van der Waals surface area contributed by atoms with Crippen LogP contribution in [0.2, 0.25) is 0 Å². The summed E-state index contributed by atoms with van der Waals surface area (Å²) in [7, 11) is 0. The first kappa shape index (κ1) is 9.36. The fraction of sp³-hybridized carbons (Fsp3) is 0.333. The Morgan fingerprint density at radius 1 is 1.25 bits per heavy atom. The number of quaternary nitrogens is 1. The molecule has 1 aliphatic rings. The number of nitrogens with two attached hydrogens (primary N) is 1. The Morgan fingerprint density at radius 2 is 2.08 bits per heavy atom. The van der Waals surface area contributed by atoms with E-state index in [-0.39, 0.29) is 12.4 Å². The Labute approximate surface area is 78.0 Å². The molecule has 1 aromatic carbocycles. The van der Waals surface area contributed by atoms with Crippen LogP contribution in [0, 0.1) is 0 Å². The average Bonchev–Trinajstić information content (AvgIpc) is 2.04. The molecule has 0 fully saturated rings. The predicted molar refractivity (Wildman–Crippen MR) is 42.3 cm³/mol. The molecule has 66 valence electrons. The van der Waals surface area contributed by atoms with Crippen LogP contribution in [0.4, 0.5) is 0 Å². The summed E-state index contributed by atoms with van der Waals surface area (Å²) in [5.74, 6) is 0.394. The minimum Gasteiger partial charge on any atom is -1.00 e. The molecule has 2 nitrogen and oxygen atoms in total. The lowest BCUT2D eigenvalue weighted by Gasteiger charge is -2.13. The highest BCUT2D eigenvalue weighted by Crippen LogP contribution is 2.17. The molecular weight excluding hydrogens is 174 g/mol. The van der Waals surface area contributed by atoms with Gasteiger partial charge < -0.3 is 22.8 Å². The molecule has 3 N–H and O–H groups in total. The molecule has 0 aromatic heterocycles. The van der Waals surface area contributed by atoms with E-state index in [1.54, 1.807) is 6.07 Å². The van der Waals surface area contributed by atoms with Crippen LogP contribution in [0.5, 0.6) is 5.75 Å². The molecule has 1 heterocycles. The van der Waals surface area contributed by atoms with Crippen molar-refractivity contribution in [2.45, 2.75) is 13.0 Å². The summed E-state index contributed by atoms with van der Waals surface area (Å²) in [6, 6.07) is 5.65. The summed E-state index contributed by atoms with van der Waals surface area (Å²) in [6.45, 7) is 2.21. The van der Waals surface area contributed by atoms with Crippen LogP contribution in [0.3, 0.4) is 0 Å². The summed E-state index contributed by atoms with van der Waals surface area (Å²) in [4.78, 5) is 0. The number of halogens is 1. The van der Waals surface area contributed by atoms with Crippen molar-refractivity contribution < 1.29 is 22.8 Å². The highest BCUT2D eigenvalue weighted by molar-refractivity contribution is 5.35. The fourth-order valence-corrected chi connectivity index (χ4v) is 1.56. The molecule has 2 rings (SSSR count). The van der Waals surface area contributed by atoms with Gasteiger partial charge in [-0.25, -0.2) is 0 Å². The van der Waals surface area contributed by atoms with Gasteiger partial charge in [-0.05, 0) is 23.8 Å². The van der Waals surface area contributed by atoms with Gasteiger partial charge >= 0.3 is 0 Å². The quantitative estimate of drug-likeness (QED) is 0.445. The first-order chi connectivity index (χ1) is 5.36. The normalized spacial score (nSPS) is 14.7. The van der Waals surface area contributed by atoms with Crippen LogP contribution in [-0.4, -0.2) is 11.7 Å². The maximum absolute atomic E-state index is 9.18. The second-order valence-electron chi connectivity index (χ2n) is 2.98. The SMILES string of the molecule is Oc1ccc2c(c1)CC[NH2+]C2.[Cl-]. The van der Waals surface area contributed by atoms with Crippen molar-refractivity contribution in [3.05, 3.63) is 29.3 Å². The van der Waals surface area contributed by atoms with E-state index >= 15 is 0 Å². The van der Waals surface area contributed by atoms with Gasteiger partial charge in [0.15, 0.2) is 0 Å². The maximum Gasteiger partial charge on any atom is 0.115 e. The molecule has 12 heavy (non-hydrogen) atoms. The molecule has 0 saturated carbocycles. The summed E-state index contributed by atoms with van der Waals surface area (Å²) in [5.41, 5.74) is 2.68. The third-order valence-electron chi connectivity index (χ3n) is 2.17. The molecule has 0 spiro atoms. The largest absolute Gasteiger partial charge is 1.00 e. The Kier molecular flexibility index (Phi) is 2.95. The summed E-state index contributed by atoms with van der Waals surface area (Å²) < 4.78 is 0. The molecule has 1 aromatic rings. The first-order valence-corrected chi connectivity index (χ1v) is 3.99. The number of phenolic OH excluding ortho intramolecular Hbond substituents is 1. The smallest absolute Gasteiger partial charge is 0.115 e. The van der Waals surface area contributed by atoms with Gasteiger partial charge in [0, 0.05) is 12.0 Å². The average molecular weight is 186 g/mol. The Bertz CT molecular complexity index is 275. The van der Waals surface area contributed by atoms with Gasteiger partial charge in [-0.15, -0.1) is 0 Å². The Hall–Kier alpha value is -0.730. The van der Waals surface area contributed by atoms with Gasteiger partial charge in [-0.3, -0.25) is 0 Å². The first-order valence-electron chi connectivity index (χ1n) is 3.99. The topological polar surface area (TPSA) is 36.8 Å². The predicted octanol–water partition coefficient (Wildman–Crippen LogP) is -2.98. The highest BCUT2D eigenvalue weighted by atomic mass is 35.5. The number of fused-ring (bicyclic) bond motifs is 1. The third kappa shape index (κ3) is 1.71. The number of benzene rings is 1. The fourth-order valence-electron chi connectivity index (χ4n) is 1.56. The number of hydrogen-bond donors (Lipinski definition) is 2. The van der Waals surface area contributed by atoms with Gasteiger partial charge in [-0.1, -0.05) is 0 Å². The Balaban J connectivity index is 0.000000720. The van der Waals surface area contributed by atoms with E-state index in [9.17, 15) is 5.11 Å². The molecule has 0 radical (unpaired) electrons. The number of rotatable bonds is 0. The molecule has 0 amide bonds. The second kappa shape index (κ2) is 3.78. The third-order valence-corrected chi connectivity index (χ3v) is 2.17. The van der Waals surface area contributed by atoms with Crippen molar-refractivity contribution in [2.75, 3.05) is 6.54 Å². The minimum absolute atomic E-state index is 0. The van der Waals surface area contributed by atoms with Crippen LogP contribution >= 0.6 is 0 Å². The lowest BCUT2D eigenvalue weighted by atomic mass is 10.0. The zero-order chi connectivity index (χ0) is 7.68. The van der Waals surface area contributed by atoms with Crippen LogP contribution in [-0.2, 0) is 13.0 Å². The van der Waals surface area contributed by atoms with Gasteiger partial charge in [0.25, 0.3) is 0 Å². The van der Waals surface area contributed by atoms with E-state index < -0.39 is 0 Å². The van der Waals surface area contributed by atoms with E-state index in [0.717, 1.165) is 19.5 Å². The summed E-state index contributed by atoms with van der Waals surface area (Å²) in [5, 5.41) is 11.5. The lowest BCUT2D eigenvalue weighted by Crippen LogP contribution is -3.00. The maximum atomic E-state index is 9.18. The molecule has 0 atom stereocenters. The van der Waals surface area contributed by atoms with E-state index in [1.165, 1.54) is 11.1 Å². The zero-order valence-electron chi connectivity index (χ0n) is 6.76. The van der Waals surface area contributed by atoms with Crippen molar-refractivity contribution in [3.8, 4) is 5.75 Å². The van der Waals surface area contributed by atoms with E-state index in [1.807, 2.05) is 12.1 Å². The van der Waals surface area contributed by atoms with Gasteiger partial charge in [0.1, 0.15) is 12.3 Å². The molecule has 0 aliphatic carbocycles. The molecule has 3 heteroatoms. The molecular formula is C9H12ClNO. The molecule has 1 aliphatic heterocycles. The van der Waals surface area contributed by atoms with E-state index in [0.29, 0.717) is 5.75 Å². The van der Waals surface area contributed by atoms with Crippen LogP contribution < -0.4 is 17.7 Å². The van der Waals surface area contributed by atoms with Crippen molar-refractivity contribution in [2.24, 2.45) is 0 Å². The summed E-state index contributed by atoms with van der Waals surface area (Å²) in [6.07, 6.45) is 1.09. The van der Waals surface area contributed by atoms with Gasteiger partial charge in [0.05, 0.1) is 6.54 Å². The van der Waals surface area contributed by atoms with Crippen LogP contribution in [0.15, 0.2) is 18.2 Å². The van der Waals surface area contributed by atoms with Crippen LogP contribution in [0.25, 0.3) is 0 Å². The standard InChI is InChI=1S/C9H11NO.ClH/c11-9-2-1-8-6-10-4-3-7(8)5-9;/h1-2,5,10-11H,3-4,6H2;1H. The van der Waals surface area contributed by atoms with Crippen molar-refractivity contribution in [3.63, 3.8) is 0 Å². The highest BCUT2D eigenvalue weighted by Gasteiger charge is 2.10. The molecule has 0 bridgehead atoms. The van der Waals surface area contributed by atoms with Gasteiger partial charge in [0.2, 0.25) is 0 Å². The van der Waals surface area contributed by atoms with Gasteiger partial charge in [-0.2, -0.15) is 0 Å². The lowest BCUT2D eigenvalue weighted by molar-refractivity contribution is -0.673. The molecule has 0 saturated heterocycles. The monoisotopic (exact) mass is 185 g/mol. The minimum atomic E-state index is 0. The van der Waals surface area contributed by atoms with E-state index in [4.69, 9.17) is 0 Å². The van der Waals surface area contributed by atoms with E-state index in [2.05, 4.69) is 5.32 Å².